The number of nitrogens with two attached hydrogens (primary N) is 1. The van der Waals surface area contributed by atoms with Crippen LogP contribution in [-0.4, -0.2) is 35.1 Å². The molecule has 0 saturated heterocycles. The van der Waals surface area contributed by atoms with Crippen molar-refractivity contribution in [2.24, 2.45) is 5.73 Å². The second-order valence-electron chi connectivity index (χ2n) is 2.92. The minimum Gasteiger partial charge on any atom is -0.480 e. The highest BCUT2D eigenvalue weighted by Gasteiger charge is 2.33. The molecule has 16 heavy (non-hydrogen) atoms. The fourth-order valence-electron chi connectivity index (χ4n) is 0.829. The molecule has 2 amide bonds. The molecule has 1 atom stereocenters. The third kappa shape index (κ3) is 6.62. The Bertz CT molecular complexity index is 302. The number of carbonyl (C=O) groups excluding carboxylic acids is 2. The molecular weight excluding hydrogens is 233 g/mol. The minimum absolute atomic E-state index is 0.765. The van der Waals surface area contributed by atoms with E-state index in [4.69, 9.17) is 5.11 Å². The van der Waals surface area contributed by atoms with Crippen LogP contribution < -0.4 is 11.1 Å². The number of carbonyl (C=O) groups is 3. The van der Waals surface area contributed by atoms with E-state index in [-0.39, 0.29) is 0 Å². The van der Waals surface area contributed by atoms with E-state index in [1.165, 1.54) is 0 Å². The van der Waals surface area contributed by atoms with Crippen LogP contribution in [0.2, 0.25) is 0 Å². The third-order valence-electron chi connectivity index (χ3n) is 1.40. The van der Waals surface area contributed by atoms with Crippen LogP contribution in [0.4, 0.5) is 13.2 Å². The van der Waals surface area contributed by atoms with Crippen LogP contribution in [0.25, 0.3) is 0 Å². The Hall–Kier alpha value is -1.80. The lowest BCUT2D eigenvalue weighted by atomic mass is 10.2. The lowest BCUT2D eigenvalue weighted by molar-refractivity contribution is -0.157. The van der Waals surface area contributed by atoms with Crippen molar-refractivity contribution in [3.63, 3.8) is 0 Å². The molecule has 0 spiro atoms. The molecule has 0 bridgehead atoms. The zero-order valence-electron chi connectivity index (χ0n) is 7.87. The van der Waals surface area contributed by atoms with Gasteiger partial charge in [-0.3, -0.25) is 9.59 Å². The van der Waals surface area contributed by atoms with Gasteiger partial charge in [-0.2, -0.15) is 13.2 Å². The highest BCUT2D eigenvalue weighted by Crippen LogP contribution is 2.19. The minimum atomic E-state index is -4.74. The molecule has 0 unspecified atom stereocenters. The van der Waals surface area contributed by atoms with E-state index in [9.17, 15) is 27.6 Å². The molecule has 9 heteroatoms. The van der Waals surface area contributed by atoms with Gasteiger partial charge in [0, 0.05) is 0 Å². The SMILES string of the molecule is NC(=O)C[C@H](NC(=O)CC(F)(F)F)C(=O)O. The van der Waals surface area contributed by atoms with Gasteiger partial charge in [0.15, 0.2) is 0 Å². The fourth-order valence-corrected chi connectivity index (χ4v) is 0.829. The van der Waals surface area contributed by atoms with Gasteiger partial charge in [0.25, 0.3) is 0 Å². The van der Waals surface area contributed by atoms with Crippen molar-refractivity contribution in [1.82, 2.24) is 5.32 Å². The molecule has 0 aromatic rings. The molecule has 0 radical (unpaired) electrons. The predicted molar refractivity (Wildman–Crippen MR) is 44.0 cm³/mol. The molecule has 4 N–H and O–H groups in total. The van der Waals surface area contributed by atoms with Crippen LogP contribution in [-0.2, 0) is 14.4 Å². The van der Waals surface area contributed by atoms with Gasteiger partial charge < -0.3 is 16.2 Å². The number of carboxylic acid groups (broad SMARTS) is 1. The van der Waals surface area contributed by atoms with Gasteiger partial charge in [-0.25, -0.2) is 4.79 Å². The van der Waals surface area contributed by atoms with Crippen molar-refractivity contribution in [3.8, 4) is 0 Å². The number of alkyl halides is 3. The van der Waals surface area contributed by atoms with E-state index in [0.29, 0.717) is 0 Å². The number of rotatable bonds is 5. The predicted octanol–water partition coefficient (Wildman–Crippen LogP) is -0.616. The summed E-state index contributed by atoms with van der Waals surface area (Å²) in [6.07, 6.45) is -7.31. The van der Waals surface area contributed by atoms with Gasteiger partial charge in [0.05, 0.1) is 6.42 Å². The molecule has 6 nitrogen and oxygen atoms in total. The largest absolute Gasteiger partial charge is 0.480 e. The number of halogens is 3. The lowest BCUT2D eigenvalue weighted by Crippen LogP contribution is -2.44. The van der Waals surface area contributed by atoms with Crippen LogP contribution in [0.1, 0.15) is 12.8 Å². The second kappa shape index (κ2) is 5.33. The molecule has 0 aliphatic heterocycles. The first kappa shape index (κ1) is 14.2. The van der Waals surface area contributed by atoms with Crippen molar-refractivity contribution < 1.29 is 32.7 Å². The number of aliphatic carboxylic acids is 1. The monoisotopic (exact) mass is 242 g/mol. The molecule has 0 saturated carbocycles. The molecule has 0 aliphatic rings. The normalized spacial score (nSPS) is 12.9. The molecule has 0 rings (SSSR count). The Balaban J connectivity index is 4.35. The van der Waals surface area contributed by atoms with E-state index in [2.05, 4.69) is 5.73 Å². The first-order valence-corrected chi connectivity index (χ1v) is 3.99. The van der Waals surface area contributed by atoms with Gasteiger partial charge >= 0.3 is 12.1 Å². The van der Waals surface area contributed by atoms with Crippen molar-refractivity contribution in [3.05, 3.63) is 0 Å². The average molecular weight is 242 g/mol. The summed E-state index contributed by atoms with van der Waals surface area (Å²) in [5.74, 6) is -4.20. The van der Waals surface area contributed by atoms with Crippen molar-refractivity contribution >= 4 is 17.8 Å². The summed E-state index contributed by atoms with van der Waals surface area (Å²) in [5.41, 5.74) is 4.66. The zero-order chi connectivity index (χ0) is 12.9. The number of amides is 2. The molecule has 0 aliphatic carbocycles. The fraction of sp³-hybridized carbons (Fsp3) is 0.571. The highest BCUT2D eigenvalue weighted by molar-refractivity contribution is 5.88. The van der Waals surface area contributed by atoms with Crippen LogP contribution in [0.5, 0.6) is 0 Å². The first-order chi connectivity index (χ1) is 7.11. The zero-order valence-corrected chi connectivity index (χ0v) is 7.87. The van der Waals surface area contributed by atoms with Crippen molar-refractivity contribution in [2.75, 3.05) is 0 Å². The standard InChI is InChI=1S/C7H9F3N2O4/c8-7(9,10)2-5(14)12-3(6(15)16)1-4(11)13/h3H,1-2H2,(H2,11,13)(H,12,14)(H,15,16)/t3-/m0/s1. The molecular formula is C7H9F3N2O4. The van der Waals surface area contributed by atoms with Crippen molar-refractivity contribution in [1.29, 1.82) is 0 Å². The van der Waals surface area contributed by atoms with Crippen LogP contribution in [0.3, 0.4) is 0 Å². The summed E-state index contributed by atoms with van der Waals surface area (Å²) in [7, 11) is 0. The van der Waals surface area contributed by atoms with Crippen LogP contribution in [0, 0.1) is 0 Å². The Labute approximate surface area is 87.6 Å². The summed E-state index contributed by atoms with van der Waals surface area (Å²) in [4.78, 5) is 31.5. The molecule has 0 aromatic carbocycles. The second-order valence-corrected chi connectivity index (χ2v) is 2.92. The number of hydrogen-bond donors (Lipinski definition) is 3. The highest BCUT2D eigenvalue weighted by atomic mass is 19.4. The smallest absolute Gasteiger partial charge is 0.397 e. The third-order valence-corrected chi connectivity index (χ3v) is 1.40. The maximum Gasteiger partial charge on any atom is 0.397 e. The van der Waals surface area contributed by atoms with E-state index in [0.717, 1.165) is 0 Å². The number of primary amides is 1. The first-order valence-electron chi connectivity index (χ1n) is 3.99. The summed E-state index contributed by atoms with van der Waals surface area (Å²) in [5, 5.41) is 10.0. The summed E-state index contributed by atoms with van der Waals surface area (Å²) in [6, 6.07) is -1.74. The van der Waals surface area contributed by atoms with Gasteiger partial charge in [-0.1, -0.05) is 0 Å². The van der Waals surface area contributed by atoms with E-state index >= 15 is 0 Å². The number of carboxylic acids is 1. The Morgan fingerprint density at radius 2 is 1.81 bits per heavy atom. The maximum atomic E-state index is 11.7. The van der Waals surface area contributed by atoms with Crippen LogP contribution in [0.15, 0.2) is 0 Å². The number of hydrogen-bond acceptors (Lipinski definition) is 3. The molecule has 0 heterocycles. The quantitative estimate of drug-likeness (QED) is 0.597. The topological polar surface area (TPSA) is 109 Å². The Kier molecular flexibility index (Phi) is 4.73. The van der Waals surface area contributed by atoms with Gasteiger partial charge in [0.1, 0.15) is 12.5 Å². The summed E-state index contributed by atoms with van der Waals surface area (Å²) in [6.45, 7) is 0. The van der Waals surface area contributed by atoms with Gasteiger partial charge in [-0.15, -0.1) is 0 Å². The molecule has 92 valence electrons. The lowest BCUT2D eigenvalue weighted by Gasteiger charge is -2.13. The van der Waals surface area contributed by atoms with Crippen LogP contribution >= 0.6 is 0 Å². The molecule has 0 aromatic heterocycles. The van der Waals surface area contributed by atoms with Gasteiger partial charge in [0.2, 0.25) is 11.8 Å². The van der Waals surface area contributed by atoms with Gasteiger partial charge in [-0.05, 0) is 0 Å². The maximum absolute atomic E-state index is 11.7. The Morgan fingerprint density at radius 1 is 1.31 bits per heavy atom. The van der Waals surface area contributed by atoms with E-state index in [1.807, 2.05) is 0 Å². The van der Waals surface area contributed by atoms with E-state index < -0.39 is 42.8 Å². The van der Waals surface area contributed by atoms with E-state index in [1.54, 1.807) is 5.32 Å². The molecule has 0 fully saturated rings. The van der Waals surface area contributed by atoms with Crippen molar-refractivity contribution in [2.45, 2.75) is 25.1 Å². The number of nitrogens with one attached hydrogen (secondary N) is 1. The average Bonchev–Trinajstić information content (AvgIpc) is 1.97. The Morgan fingerprint density at radius 3 is 2.12 bits per heavy atom. The summed E-state index contributed by atoms with van der Waals surface area (Å²) >= 11 is 0. The summed E-state index contributed by atoms with van der Waals surface area (Å²) < 4.78 is 35.2.